The van der Waals surface area contributed by atoms with Crippen molar-refractivity contribution in [1.29, 1.82) is 0 Å². The molecule has 6 atom stereocenters. The molecule has 3 saturated heterocycles. The SMILES string of the molecule is CCN(CC)c1ccc(NC(=O)C2N([C@H](CO)c3ccccc3)C(=O)[C@@H]3[C@@H](C(=O)Nc4ccccc4)[C@@]4(C)CCC23S4)cc1. The molecule has 3 fully saturated rings. The predicted octanol–water partition coefficient (Wildman–Crippen LogP) is 5.32. The molecule has 6 rings (SSSR count). The van der Waals surface area contributed by atoms with Gasteiger partial charge in [-0.3, -0.25) is 14.4 Å². The van der Waals surface area contributed by atoms with Crippen molar-refractivity contribution in [1.82, 2.24) is 4.90 Å². The van der Waals surface area contributed by atoms with Crippen molar-refractivity contribution in [3.05, 3.63) is 90.5 Å². The highest BCUT2D eigenvalue weighted by molar-refractivity contribution is 8.02. The third kappa shape index (κ3) is 4.96. The summed E-state index contributed by atoms with van der Waals surface area (Å²) in [4.78, 5) is 46.9. The van der Waals surface area contributed by atoms with Crippen LogP contribution in [0.5, 0.6) is 0 Å². The van der Waals surface area contributed by atoms with Gasteiger partial charge in [-0.15, -0.1) is 11.8 Å². The molecule has 3 amide bonds. The summed E-state index contributed by atoms with van der Waals surface area (Å²) in [6, 6.07) is 24.8. The third-order valence-corrected chi connectivity index (χ3v) is 11.7. The number of benzene rings is 3. The zero-order valence-electron chi connectivity index (χ0n) is 25.4. The molecule has 3 aliphatic heterocycles. The van der Waals surface area contributed by atoms with Crippen molar-refractivity contribution in [3.8, 4) is 0 Å². The Labute approximate surface area is 263 Å². The van der Waals surface area contributed by atoms with E-state index in [9.17, 15) is 19.5 Å². The van der Waals surface area contributed by atoms with E-state index in [1.54, 1.807) is 16.7 Å². The molecule has 3 N–H and O–H groups in total. The number of anilines is 3. The molecule has 3 aliphatic rings. The molecule has 8 nitrogen and oxygen atoms in total. The average molecular weight is 613 g/mol. The Kier molecular flexibility index (Phi) is 8.20. The Bertz CT molecular complexity index is 1520. The van der Waals surface area contributed by atoms with E-state index < -0.39 is 33.4 Å². The van der Waals surface area contributed by atoms with Crippen LogP contribution in [0.15, 0.2) is 84.9 Å². The lowest BCUT2D eigenvalue weighted by Gasteiger charge is -2.37. The van der Waals surface area contributed by atoms with Crippen LogP contribution >= 0.6 is 11.8 Å². The lowest BCUT2D eigenvalue weighted by Crippen LogP contribution is -2.52. The summed E-state index contributed by atoms with van der Waals surface area (Å²) >= 11 is 1.62. The van der Waals surface area contributed by atoms with Crippen LogP contribution in [0.2, 0.25) is 0 Å². The van der Waals surface area contributed by atoms with Crippen LogP contribution < -0.4 is 15.5 Å². The maximum absolute atomic E-state index is 14.6. The van der Waals surface area contributed by atoms with Crippen molar-refractivity contribution in [2.45, 2.75) is 55.2 Å². The standard InChI is InChI=1S/C35H40N4O4S/c1-4-38(5-2)26-18-16-25(17-19-26)37-32(42)30-35-21-20-34(3,44-35)28(31(41)36-24-14-10-7-11-15-24)29(35)33(43)39(30)27(22-40)23-12-8-6-9-13-23/h6-19,27-30,40H,4-5,20-22H2,1-3H3,(H,36,41)(H,37,42)/t27-,28+,29+,30?,34-,35?/m1/s1. The van der Waals surface area contributed by atoms with Gasteiger partial charge in [-0.2, -0.15) is 0 Å². The molecule has 0 saturated carbocycles. The van der Waals surface area contributed by atoms with E-state index in [-0.39, 0.29) is 24.3 Å². The summed E-state index contributed by atoms with van der Waals surface area (Å²) < 4.78 is -1.31. The van der Waals surface area contributed by atoms with Crippen LogP contribution in [0.25, 0.3) is 0 Å². The van der Waals surface area contributed by atoms with Crippen LogP contribution in [-0.4, -0.2) is 63.0 Å². The van der Waals surface area contributed by atoms with E-state index in [4.69, 9.17) is 0 Å². The van der Waals surface area contributed by atoms with Crippen LogP contribution in [0.4, 0.5) is 17.1 Å². The second-order valence-corrected chi connectivity index (χ2v) is 14.0. The number of aliphatic hydroxyl groups is 1. The lowest BCUT2D eigenvalue weighted by atomic mass is 9.66. The number of hydrogen-bond acceptors (Lipinski definition) is 6. The number of thioether (sulfide) groups is 1. The van der Waals surface area contributed by atoms with Crippen molar-refractivity contribution in [3.63, 3.8) is 0 Å². The number of para-hydroxylation sites is 1. The topological polar surface area (TPSA) is 102 Å². The highest BCUT2D eigenvalue weighted by atomic mass is 32.2. The molecular weight excluding hydrogens is 572 g/mol. The minimum atomic E-state index is -0.874. The van der Waals surface area contributed by atoms with Crippen LogP contribution in [0.1, 0.15) is 45.2 Å². The number of likely N-dealkylation sites (tertiary alicyclic amines) is 1. The van der Waals surface area contributed by atoms with Crippen LogP contribution in [0.3, 0.4) is 0 Å². The summed E-state index contributed by atoms with van der Waals surface area (Å²) in [5.41, 5.74) is 3.13. The van der Waals surface area contributed by atoms with Gasteiger partial charge in [0.1, 0.15) is 6.04 Å². The lowest BCUT2D eigenvalue weighted by molar-refractivity contribution is -0.141. The number of aliphatic hydroxyl groups excluding tert-OH is 1. The monoisotopic (exact) mass is 612 g/mol. The molecule has 1 spiro atoms. The number of nitrogens with one attached hydrogen (secondary N) is 2. The molecule has 0 aromatic heterocycles. The van der Waals surface area contributed by atoms with Crippen molar-refractivity contribution in [2.24, 2.45) is 11.8 Å². The summed E-state index contributed by atoms with van der Waals surface area (Å²) in [6.07, 6.45) is 1.34. The molecular formula is C35H40N4O4S. The van der Waals surface area contributed by atoms with Gasteiger partial charge in [-0.25, -0.2) is 0 Å². The Morgan fingerprint density at radius 2 is 1.50 bits per heavy atom. The molecule has 230 valence electrons. The number of hydrogen-bond donors (Lipinski definition) is 3. The molecule has 0 aliphatic carbocycles. The first kappa shape index (κ1) is 30.2. The Morgan fingerprint density at radius 3 is 2.11 bits per heavy atom. The zero-order chi connectivity index (χ0) is 31.1. The van der Waals surface area contributed by atoms with Gasteiger partial charge in [0.2, 0.25) is 17.7 Å². The fraction of sp³-hybridized carbons (Fsp3) is 0.400. The van der Waals surface area contributed by atoms with Crippen molar-refractivity contribution >= 4 is 46.5 Å². The summed E-state index contributed by atoms with van der Waals surface area (Å²) in [6.45, 7) is 7.67. The average Bonchev–Trinajstić information content (AvgIpc) is 3.61. The predicted molar refractivity (Wildman–Crippen MR) is 176 cm³/mol. The van der Waals surface area contributed by atoms with Crippen LogP contribution in [0, 0.1) is 11.8 Å². The molecule has 44 heavy (non-hydrogen) atoms. The van der Waals surface area contributed by atoms with Crippen LogP contribution in [-0.2, 0) is 14.4 Å². The maximum Gasteiger partial charge on any atom is 0.248 e. The highest BCUT2D eigenvalue weighted by Gasteiger charge is 2.77. The quantitative estimate of drug-likeness (QED) is 0.286. The third-order valence-electron chi connectivity index (χ3n) is 9.74. The largest absolute Gasteiger partial charge is 0.394 e. The fourth-order valence-electron chi connectivity index (χ4n) is 7.73. The van der Waals surface area contributed by atoms with E-state index in [0.717, 1.165) is 24.3 Å². The summed E-state index contributed by atoms with van der Waals surface area (Å²) in [7, 11) is 0. The normalized spacial score (nSPS) is 27.6. The van der Waals surface area contributed by atoms with Crippen molar-refractivity contribution < 1.29 is 19.5 Å². The summed E-state index contributed by atoms with van der Waals surface area (Å²) in [5, 5.41) is 16.9. The molecule has 2 bridgehead atoms. The fourth-order valence-corrected chi connectivity index (χ4v) is 10.1. The van der Waals surface area contributed by atoms with E-state index in [0.29, 0.717) is 24.2 Å². The highest BCUT2D eigenvalue weighted by Crippen LogP contribution is 2.72. The van der Waals surface area contributed by atoms with Gasteiger partial charge in [0.25, 0.3) is 0 Å². The smallest absolute Gasteiger partial charge is 0.248 e. The Hall–Kier alpha value is -3.82. The van der Waals surface area contributed by atoms with Gasteiger partial charge in [-0.1, -0.05) is 48.5 Å². The Morgan fingerprint density at radius 1 is 0.909 bits per heavy atom. The van der Waals surface area contributed by atoms with Gasteiger partial charge in [-0.05, 0) is 75.6 Å². The van der Waals surface area contributed by atoms with Gasteiger partial charge < -0.3 is 25.5 Å². The number of fused-ring (bicyclic) bond motifs is 1. The molecule has 3 aromatic carbocycles. The number of amides is 3. The first-order valence-corrected chi connectivity index (χ1v) is 16.3. The maximum atomic E-state index is 14.6. The molecule has 3 aromatic rings. The molecule has 9 heteroatoms. The van der Waals surface area contributed by atoms with E-state index >= 15 is 0 Å². The minimum absolute atomic E-state index is 0.209. The summed E-state index contributed by atoms with van der Waals surface area (Å²) in [5.74, 6) is -2.09. The molecule has 3 heterocycles. The minimum Gasteiger partial charge on any atom is -0.394 e. The van der Waals surface area contributed by atoms with E-state index in [2.05, 4.69) is 36.3 Å². The number of rotatable bonds is 10. The number of carbonyl (C=O) groups is 3. The number of carbonyl (C=O) groups excluding carboxylic acids is 3. The van der Waals surface area contributed by atoms with E-state index in [1.165, 1.54) is 0 Å². The van der Waals surface area contributed by atoms with E-state index in [1.807, 2.05) is 84.9 Å². The van der Waals surface area contributed by atoms with Gasteiger partial charge in [0.05, 0.1) is 29.2 Å². The first-order valence-electron chi connectivity index (χ1n) is 15.5. The first-order chi connectivity index (χ1) is 21.3. The Balaban J connectivity index is 1.38. The van der Waals surface area contributed by atoms with Gasteiger partial charge in [0, 0.05) is 34.9 Å². The van der Waals surface area contributed by atoms with Crippen molar-refractivity contribution in [2.75, 3.05) is 35.2 Å². The second kappa shape index (κ2) is 11.9. The van der Waals surface area contributed by atoms with Gasteiger partial charge in [0.15, 0.2) is 0 Å². The number of nitrogens with zero attached hydrogens (tertiary/aromatic N) is 2. The zero-order valence-corrected chi connectivity index (χ0v) is 26.2. The van der Waals surface area contributed by atoms with Gasteiger partial charge >= 0.3 is 0 Å². The molecule has 2 unspecified atom stereocenters. The molecule has 0 radical (unpaired) electrons. The second-order valence-electron chi connectivity index (χ2n) is 12.1.